The zero-order valence-electron chi connectivity index (χ0n) is 26.3. The Balaban J connectivity index is 2.01. The predicted molar refractivity (Wildman–Crippen MR) is 177 cm³/mol. The van der Waals surface area contributed by atoms with Crippen molar-refractivity contribution >= 4 is 39.0 Å². The molecule has 1 aliphatic heterocycles. The van der Waals surface area contributed by atoms with E-state index < -0.39 is 32.1 Å². The molecule has 0 spiro atoms. The molecule has 40 heavy (non-hydrogen) atoms. The third kappa shape index (κ3) is 20.9. The fraction of sp³-hybridized carbons (Fsp3) is 0.778. The summed E-state index contributed by atoms with van der Waals surface area (Å²) in [6.07, 6.45) is 39.7. The van der Waals surface area contributed by atoms with Crippen LogP contribution in [0.25, 0.3) is 0 Å². The van der Waals surface area contributed by atoms with Crippen LogP contribution in [0.3, 0.4) is 0 Å². The summed E-state index contributed by atoms with van der Waals surface area (Å²) >= 11 is -0.837. The molecule has 0 aliphatic carbocycles. The second-order valence-corrected chi connectivity index (χ2v) is 15.7. The molecular weight excluding hydrogens is 599 g/mol. The maximum atomic E-state index is 12.8. The van der Waals surface area contributed by atoms with Crippen molar-refractivity contribution in [3.63, 3.8) is 0 Å². The molecule has 1 rings (SSSR count). The molecule has 0 saturated carbocycles. The summed E-state index contributed by atoms with van der Waals surface area (Å²) in [5, 5.41) is 9.67. The van der Waals surface area contributed by atoms with E-state index in [0.29, 0.717) is 6.42 Å². The number of carbonyl (C=O) groups is 2. The van der Waals surface area contributed by atoms with Gasteiger partial charge in [0.1, 0.15) is 0 Å². The molecule has 1 unspecified atom stereocenters. The molecule has 4 heteroatoms. The normalized spacial score (nSPS) is 13.7. The molecule has 0 amide bonds. The average molecular weight is 662 g/mol. The quantitative estimate of drug-likeness (QED) is 0.0361. The third-order valence-electron chi connectivity index (χ3n) is 8.07. The molecule has 0 fully saturated rings. The van der Waals surface area contributed by atoms with Gasteiger partial charge in [0.05, 0.1) is 0 Å². The molecule has 3 nitrogen and oxygen atoms in total. The molecule has 1 heterocycles. The summed E-state index contributed by atoms with van der Waals surface area (Å²) in [6.45, 7) is 4.52. The molecule has 0 saturated heterocycles. The summed E-state index contributed by atoms with van der Waals surface area (Å²) in [7, 11) is 0. The van der Waals surface area contributed by atoms with E-state index in [1.165, 1.54) is 106 Å². The van der Waals surface area contributed by atoms with Crippen LogP contribution in [0.5, 0.6) is 0 Å². The minimum Gasteiger partial charge on any atom is -0.0654 e. The van der Waals surface area contributed by atoms with Gasteiger partial charge in [0.2, 0.25) is 0 Å². The van der Waals surface area contributed by atoms with Crippen LogP contribution in [-0.4, -0.2) is 44.1 Å². The summed E-state index contributed by atoms with van der Waals surface area (Å²) in [5.74, 6) is -1.72. The number of allylic oxidation sites excluding steroid dienone is 4. The number of carboxylic acid groups (broad SMARTS) is 1. The van der Waals surface area contributed by atoms with Crippen molar-refractivity contribution in [2.24, 2.45) is 5.92 Å². The van der Waals surface area contributed by atoms with Gasteiger partial charge in [0, 0.05) is 0 Å². The Bertz CT molecular complexity index is 788. The minimum atomic E-state index is -0.909. The Kier molecular flexibility index (Phi) is 25.1. The van der Waals surface area contributed by atoms with Crippen LogP contribution in [0.2, 0.25) is 0 Å². The van der Waals surface area contributed by atoms with Gasteiger partial charge in [-0.05, 0) is 6.42 Å². The molecule has 0 aromatic carbocycles. The first-order chi connectivity index (χ1) is 19.6. The van der Waals surface area contributed by atoms with Gasteiger partial charge in [-0.2, -0.15) is 0 Å². The van der Waals surface area contributed by atoms with Crippen LogP contribution >= 0.6 is 0 Å². The molecular formula is C36H62O3Sn. The summed E-state index contributed by atoms with van der Waals surface area (Å²) in [5.41, 5.74) is 0. The average Bonchev–Trinajstić information content (AvgIpc) is 3.72. The van der Waals surface area contributed by atoms with Gasteiger partial charge < -0.3 is 0 Å². The first-order valence-corrected chi connectivity index (χ1v) is 20.0. The van der Waals surface area contributed by atoms with Gasteiger partial charge in [-0.15, -0.1) is 0 Å². The number of hydrogen-bond donors (Lipinski definition) is 1. The van der Waals surface area contributed by atoms with E-state index in [1.807, 2.05) is 0 Å². The van der Waals surface area contributed by atoms with E-state index in [0.717, 1.165) is 54.9 Å². The number of hydrogen-bond acceptors (Lipinski definition) is 2. The molecule has 228 valence electrons. The molecule has 0 bridgehead atoms. The van der Waals surface area contributed by atoms with E-state index >= 15 is 0 Å². The minimum absolute atomic E-state index is 0.0237. The zero-order chi connectivity index (χ0) is 29.1. The van der Waals surface area contributed by atoms with Crippen molar-refractivity contribution in [1.29, 1.82) is 0 Å². The topological polar surface area (TPSA) is 54.4 Å². The number of rotatable bonds is 30. The summed E-state index contributed by atoms with van der Waals surface area (Å²) in [6, 6.07) is 0. The van der Waals surface area contributed by atoms with E-state index in [1.54, 1.807) is 0 Å². The Morgan fingerprint density at radius 3 is 1.45 bits per heavy atom. The monoisotopic (exact) mass is 662 g/mol. The fourth-order valence-corrected chi connectivity index (χ4v) is 8.42. The van der Waals surface area contributed by atoms with Crippen molar-refractivity contribution in [1.82, 2.24) is 0 Å². The number of ketones is 1. The molecule has 0 aromatic rings. The van der Waals surface area contributed by atoms with E-state index in [2.05, 4.69) is 38.2 Å². The number of aliphatic carboxylic acids is 1. The van der Waals surface area contributed by atoms with Gasteiger partial charge in [0.25, 0.3) is 0 Å². The van der Waals surface area contributed by atoms with Crippen molar-refractivity contribution in [2.45, 2.75) is 174 Å². The second-order valence-electron chi connectivity index (χ2n) is 11.9. The Morgan fingerprint density at radius 1 is 0.600 bits per heavy atom. The molecule has 1 atom stereocenters. The van der Waals surface area contributed by atoms with Crippen LogP contribution in [0.1, 0.15) is 174 Å². The van der Waals surface area contributed by atoms with Gasteiger partial charge >= 0.3 is 187 Å². The SMILES string of the molecule is CCCCCCCC/C=C\CCCCCCC(C(=O)O)C(=O)[C]1=[Sn]=[C]1CCCCC/C=C\CCCCCCCC. The Morgan fingerprint density at radius 2 is 1.00 bits per heavy atom. The number of unbranched alkanes of at least 4 members (excludes halogenated alkanes) is 19. The van der Waals surface area contributed by atoms with Gasteiger partial charge in [-0.25, -0.2) is 0 Å². The Hall–Kier alpha value is -0.841. The van der Waals surface area contributed by atoms with Crippen LogP contribution in [0.4, 0.5) is 0 Å². The molecule has 1 aliphatic rings. The van der Waals surface area contributed by atoms with E-state index in [-0.39, 0.29) is 5.78 Å². The van der Waals surface area contributed by atoms with Crippen molar-refractivity contribution in [2.75, 3.05) is 0 Å². The van der Waals surface area contributed by atoms with Crippen molar-refractivity contribution in [3.8, 4) is 0 Å². The molecule has 0 aromatic heterocycles. The van der Waals surface area contributed by atoms with Crippen LogP contribution < -0.4 is 0 Å². The maximum absolute atomic E-state index is 12.8. The number of Topliss-reactive ketones (excluding diaryl/α,β-unsaturated/α-hetero) is 1. The second kappa shape index (κ2) is 27.0. The zero-order valence-corrected chi connectivity index (χ0v) is 29.2. The third-order valence-corrected chi connectivity index (χ3v) is 11.9. The van der Waals surface area contributed by atoms with E-state index in [9.17, 15) is 14.7 Å². The predicted octanol–water partition coefficient (Wildman–Crippen LogP) is 10.2. The van der Waals surface area contributed by atoms with E-state index in [4.69, 9.17) is 0 Å². The molecule has 1 N–H and O–H groups in total. The van der Waals surface area contributed by atoms with Crippen LogP contribution in [0.15, 0.2) is 24.3 Å². The van der Waals surface area contributed by atoms with Gasteiger partial charge in [-0.1, -0.05) is 65.2 Å². The first-order valence-electron chi connectivity index (χ1n) is 17.2. The first kappa shape index (κ1) is 37.2. The fourth-order valence-electron chi connectivity index (χ4n) is 5.32. The smallest absolute Gasteiger partial charge is 0.0654 e. The van der Waals surface area contributed by atoms with Crippen LogP contribution in [-0.2, 0) is 9.59 Å². The van der Waals surface area contributed by atoms with Gasteiger partial charge in [0.15, 0.2) is 0 Å². The standard InChI is InChI=1S/C36H62O3.Sn/c1-3-5-7-9-11-13-15-17-19-21-23-25-27-29-31-33-35(37)34(36(38)39)32-30-28-26-24-22-20-18-16-14-12-10-8-6-4-2;/h17-20,34H,3-16,21-30,32H2,1-2H3,(H,38,39);/b19-17-,20-18-;. The molecule has 0 radical (unpaired) electrons. The van der Waals surface area contributed by atoms with Crippen LogP contribution in [0, 0.1) is 5.92 Å². The van der Waals surface area contributed by atoms with Gasteiger partial charge in [-0.3, -0.25) is 0 Å². The van der Waals surface area contributed by atoms with Crippen molar-refractivity contribution in [3.05, 3.63) is 24.3 Å². The summed E-state index contributed by atoms with van der Waals surface area (Å²) < 4.78 is 2.40. The number of carbonyl (C=O) groups excluding carboxylic acids is 1. The van der Waals surface area contributed by atoms with Crippen molar-refractivity contribution < 1.29 is 14.7 Å². The number of carboxylic acids is 1. The summed E-state index contributed by atoms with van der Waals surface area (Å²) in [4.78, 5) is 24.6. The Labute approximate surface area is 257 Å².